The molecule has 1 fully saturated rings. The molecule has 0 spiro atoms. The van der Waals surface area contributed by atoms with E-state index in [9.17, 15) is 4.79 Å². The van der Waals surface area contributed by atoms with Crippen LogP contribution in [0.4, 0.5) is 5.82 Å². The van der Waals surface area contributed by atoms with E-state index in [2.05, 4.69) is 15.7 Å². The fourth-order valence-corrected chi connectivity index (χ4v) is 1.95. The fraction of sp³-hybridized carbons (Fsp3) is 0.636. The van der Waals surface area contributed by atoms with Gasteiger partial charge in [-0.05, 0) is 33.2 Å². The maximum absolute atomic E-state index is 11.9. The van der Waals surface area contributed by atoms with Crippen LogP contribution in [0.25, 0.3) is 0 Å². The van der Waals surface area contributed by atoms with Crippen molar-refractivity contribution in [2.24, 2.45) is 0 Å². The van der Waals surface area contributed by atoms with Crippen molar-refractivity contribution < 1.29 is 4.79 Å². The number of amides is 1. The summed E-state index contributed by atoms with van der Waals surface area (Å²) in [4.78, 5) is 11.9. The molecule has 0 saturated carbocycles. The van der Waals surface area contributed by atoms with Crippen LogP contribution >= 0.6 is 0 Å². The van der Waals surface area contributed by atoms with Gasteiger partial charge in [-0.25, -0.2) is 4.68 Å². The smallest absolute Gasteiger partial charge is 0.242 e. The molecule has 0 aliphatic carbocycles. The molecule has 88 valence electrons. The third-order valence-corrected chi connectivity index (χ3v) is 2.79. The summed E-state index contributed by atoms with van der Waals surface area (Å²) in [5.41, 5.74) is 0. The largest absolute Gasteiger partial charge is 0.310 e. The molecule has 1 aliphatic rings. The molecule has 1 saturated heterocycles. The Morgan fingerprint density at radius 3 is 3.12 bits per heavy atom. The maximum Gasteiger partial charge on any atom is 0.242 e. The highest BCUT2D eigenvalue weighted by Gasteiger charge is 2.22. The number of carbonyl (C=O) groups excluding carboxylic acids is 1. The molecule has 1 amide bonds. The molecule has 2 heterocycles. The molecule has 16 heavy (non-hydrogen) atoms. The van der Waals surface area contributed by atoms with Crippen molar-refractivity contribution in [3.8, 4) is 0 Å². The summed E-state index contributed by atoms with van der Waals surface area (Å²) < 4.78 is 1.81. The predicted molar refractivity (Wildman–Crippen MR) is 62.3 cm³/mol. The van der Waals surface area contributed by atoms with E-state index in [-0.39, 0.29) is 18.0 Å². The lowest BCUT2D eigenvalue weighted by atomic mass is 10.2. The predicted octanol–water partition coefficient (Wildman–Crippen LogP) is 1.15. The van der Waals surface area contributed by atoms with Crippen LogP contribution in [0, 0.1) is 0 Å². The summed E-state index contributed by atoms with van der Waals surface area (Å²) in [5.74, 6) is 0.814. The summed E-state index contributed by atoms with van der Waals surface area (Å²) in [6.45, 7) is 5.01. The second kappa shape index (κ2) is 4.65. The minimum atomic E-state index is -0.0458. The molecule has 1 aromatic heterocycles. The van der Waals surface area contributed by atoms with E-state index in [1.54, 1.807) is 6.20 Å². The highest BCUT2D eigenvalue weighted by molar-refractivity contribution is 5.94. The van der Waals surface area contributed by atoms with Gasteiger partial charge in [-0.3, -0.25) is 4.79 Å². The van der Waals surface area contributed by atoms with Crippen molar-refractivity contribution >= 4 is 11.7 Å². The first-order chi connectivity index (χ1) is 7.68. The average Bonchev–Trinajstić information content (AvgIpc) is 2.86. The zero-order chi connectivity index (χ0) is 11.5. The molecule has 0 bridgehead atoms. The number of aromatic nitrogens is 2. The van der Waals surface area contributed by atoms with Crippen molar-refractivity contribution in [1.29, 1.82) is 0 Å². The molecule has 1 atom stereocenters. The van der Waals surface area contributed by atoms with Crippen molar-refractivity contribution in [3.05, 3.63) is 12.3 Å². The number of hydrogen-bond donors (Lipinski definition) is 2. The number of rotatable bonds is 3. The van der Waals surface area contributed by atoms with Crippen LogP contribution in [0.2, 0.25) is 0 Å². The van der Waals surface area contributed by atoms with Crippen LogP contribution in [0.5, 0.6) is 0 Å². The average molecular weight is 222 g/mol. The van der Waals surface area contributed by atoms with E-state index in [1.165, 1.54) is 0 Å². The number of carbonyl (C=O) groups is 1. The Hall–Kier alpha value is -1.36. The summed E-state index contributed by atoms with van der Waals surface area (Å²) in [6.07, 6.45) is 3.70. The molecular weight excluding hydrogens is 204 g/mol. The first-order valence-electron chi connectivity index (χ1n) is 5.76. The normalized spacial score (nSPS) is 20.3. The van der Waals surface area contributed by atoms with Crippen molar-refractivity contribution in [1.82, 2.24) is 15.1 Å². The SMILES string of the molecule is CC(C)n1nccc1NC(=O)[C@@H]1CCCN1. The van der Waals surface area contributed by atoms with E-state index >= 15 is 0 Å². The Balaban J connectivity index is 2.02. The second-order valence-electron chi connectivity index (χ2n) is 4.39. The molecular formula is C11H18N4O. The van der Waals surface area contributed by atoms with Crippen molar-refractivity contribution in [2.75, 3.05) is 11.9 Å². The van der Waals surface area contributed by atoms with Gasteiger partial charge in [0, 0.05) is 12.1 Å². The van der Waals surface area contributed by atoms with E-state index in [4.69, 9.17) is 0 Å². The van der Waals surface area contributed by atoms with Gasteiger partial charge in [0.2, 0.25) is 5.91 Å². The topological polar surface area (TPSA) is 59.0 Å². The third-order valence-electron chi connectivity index (χ3n) is 2.79. The van der Waals surface area contributed by atoms with Gasteiger partial charge >= 0.3 is 0 Å². The number of nitrogens with zero attached hydrogens (tertiary/aromatic N) is 2. The van der Waals surface area contributed by atoms with Crippen LogP contribution in [0.15, 0.2) is 12.3 Å². The molecule has 5 nitrogen and oxygen atoms in total. The molecule has 1 aromatic rings. The van der Waals surface area contributed by atoms with E-state index in [1.807, 2.05) is 24.6 Å². The van der Waals surface area contributed by atoms with Gasteiger partial charge in [-0.2, -0.15) is 5.10 Å². The lowest BCUT2D eigenvalue weighted by Gasteiger charge is -2.14. The summed E-state index contributed by atoms with van der Waals surface area (Å²) >= 11 is 0. The van der Waals surface area contributed by atoms with Gasteiger partial charge in [0.15, 0.2) is 0 Å². The summed E-state index contributed by atoms with van der Waals surface area (Å²) in [7, 11) is 0. The van der Waals surface area contributed by atoms with Crippen molar-refractivity contribution in [2.45, 2.75) is 38.8 Å². The van der Waals surface area contributed by atoms with E-state index in [0.29, 0.717) is 0 Å². The zero-order valence-corrected chi connectivity index (χ0v) is 9.73. The Bertz CT molecular complexity index is 366. The number of anilines is 1. The quantitative estimate of drug-likeness (QED) is 0.806. The monoisotopic (exact) mass is 222 g/mol. The zero-order valence-electron chi connectivity index (χ0n) is 9.73. The standard InChI is InChI=1S/C11H18N4O/c1-8(2)15-10(5-7-13-15)14-11(16)9-4-3-6-12-9/h5,7-9,12H,3-4,6H2,1-2H3,(H,14,16)/t9-/m0/s1. The molecule has 2 rings (SSSR count). The van der Waals surface area contributed by atoms with Gasteiger partial charge in [-0.1, -0.05) is 0 Å². The minimum absolute atomic E-state index is 0.0416. The molecule has 5 heteroatoms. The Morgan fingerprint density at radius 2 is 2.50 bits per heavy atom. The lowest BCUT2D eigenvalue weighted by molar-refractivity contribution is -0.117. The summed E-state index contributed by atoms with van der Waals surface area (Å²) in [5, 5.41) is 10.3. The maximum atomic E-state index is 11.9. The molecule has 0 radical (unpaired) electrons. The van der Waals surface area contributed by atoms with Crippen LogP contribution in [-0.2, 0) is 4.79 Å². The van der Waals surface area contributed by atoms with E-state index in [0.717, 1.165) is 25.2 Å². The van der Waals surface area contributed by atoms with Gasteiger partial charge in [-0.15, -0.1) is 0 Å². The minimum Gasteiger partial charge on any atom is -0.310 e. The highest BCUT2D eigenvalue weighted by atomic mass is 16.2. The first kappa shape index (κ1) is 11.1. The van der Waals surface area contributed by atoms with E-state index < -0.39 is 0 Å². The lowest BCUT2D eigenvalue weighted by Crippen LogP contribution is -2.36. The number of nitrogens with one attached hydrogen (secondary N) is 2. The van der Waals surface area contributed by atoms with Crippen LogP contribution in [0.3, 0.4) is 0 Å². The third kappa shape index (κ3) is 2.24. The molecule has 1 aliphatic heterocycles. The van der Waals surface area contributed by atoms with Gasteiger partial charge in [0.1, 0.15) is 5.82 Å². The summed E-state index contributed by atoms with van der Waals surface area (Å²) in [6, 6.07) is 2.03. The van der Waals surface area contributed by atoms with Crippen LogP contribution in [-0.4, -0.2) is 28.3 Å². The van der Waals surface area contributed by atoms with Gasteiger partial charge in [0.05, 0.1) is 12.2 Å². The van der Waals surface area contributed by atoms with Crippen molar-refractivity contribution in [3.63, 3.8) is 0 Å². The van der Waals surface area contributed by atoms with Gasteiger partial charge < -0.3 is 10.6 Å². The van der Waals surface area contributed by atoms with Crippen LogP contribution < -0.4 is 10.6 Å². The Kier molecular flexibility index (Phi) is 3.24. The Morgan fingerprint density at radius 1 is 1.69 bits per heavy atom. The highest BCUT2D eigenvalue weighted by Crippen LogP contribution is 2.14. The molecule has 2 N–H and O–H groups in total. The first-order valence-corrected chi connectivity index (χ1v) is 5.76. The number of hydrogen-bond acceptors (Lipinski definition) is 3. The second-order valence-corrected chi connectivity index (χ2v) is 4.39. The molecule has 0 unspecified atom stereocenters. The van der Waals surface area contributed by atoms with Gasteiger partial charge in [0.25, 0.3) is 0 Å². The molecule has 0 aromatic carbocycles. The van der Waals surface area contributed by atoms with Crippen LogP contribution in [0.1, 0.15) is 32.7 Å². The fourth-order valence-electron chi connectivity index (χ4n) is 1.95. The Labute approximate surface area is 95.2 Å².